The van der Waals surface area contributed by atoms with Crippen molar-refractivity contribution in [3.63, 3.8) is 0 Å². The Morgan fingerprint density at radius 3 is 2.33 bits per heavy atom. The van der Waals surface area contributed by atoms with Crippen LogP contribution in [0.1, 0.15) is 31.2 Å². The van der Waals surface area contributed by atoms with Crippen molar-refractivity contribution in [3.8, 4) is 0 Å². The lowest BCUT2D eigenvalue weighted by atomic mass is 10.1. The zero-order valence-electron chi connectivity index (χ0n) is 22.4. The maximum absolute atomic E-state index is 12.9. The fourth-order valence-corrected chi connectivity index (χ4v) is 6.48. The number of carbonyl (C=O) groups excluding carboxylic acids is 2. The van der Waals surface area contributed by atoms with Gasteiger partial charge in [-0.1, -0.05) is 78.7 Å². The Kier molecular flexibility index (Phi) is 9.76. The molecule has 208 valence electrons. The second kappa shape index (κ2) is 13.6. The van der Waals surface area contributed by atoms with Crippen LogP contribution in [-0.4, -0.2) is 101 Å². The van der Waals surface area contributed by atoms with E-state index in [2.05, 4.69) is 39.1 Å². The van der Waals surface area contributed by atoms with Crippen LogP contribution in [0.5, 0.6) is 0 Å². The van der Waals surface area contributed by atoms with E-state index in [-0.39, 0.29) is 17.6 Å². The fraction of sp³-hybridized carbons (Fsp3) is 0.517. The number of hydrogen-bond acceptors (Lipinski definition) is 7. The van der Waals surface area contributed by atoms with Crippen molar-refractivity contribution >= 4 is 47.1 Å². The Hall–Kier alpha value is -2.62. The molecule has 0 N–H and O–H groups in total. The molecule has 10 heteroatoms. The van der Waals surface area contributed by atoms with Crippen molar-refractivity contribution in [2.75, 3.05) is 69.6 Å². The summed E-state index contributed by atoms with van der Waals surface area (Å²) in [7, 11) is 0. The van der Waals surface area contributed by atoms with Gasteiger partial charge in [-0.15, -0.1) is 0 Å². The standard InChI is InChI=1S/C29H37ClN6O2S/c30-25-21-26(34-17-19-36(20-18-34)28(38)24-10-4-5-11-24)32-29(31-25)39-22-27(37)35-15-13-33(14-16-35)12-6-9-23-7-2-1-3-8-23/h1-3,6-9,21,24H,4-5,10-20,22H2. The molecule has 0 atom stereocenters. The van der Waals surface area contributed by atoms with Crippen molar-refractivity contribution in [1.29, 1.82) is 0 Å². The highest BCUT2D eigenvalue weighted by Gasteiger charge is 2.30. The molecule has 2 amide bonds. The van der Waals surface area contributed by atoms with Crippen LogP contribution in [0.25, 0.3) is 6.08 Å². The Bertz CT molecular complexity index is 1140. The molecule has 1 saturated carbocycles. The second-order valence-corrected chi connectivity index (χ2v) is 11.7. The van der Waals surface area contributed by atoms with E-state index in [0.717, 1.165) is 64.5 Å². The highest BCUT2D eigenvalue weighted by atomic mass is 35.5. The normalized spacial score (nSPS) is 19.3. The van der Waals surface area contributed by atoms with Crippen molar-refractivity contribution in [2.45, 2.75) is 30.8 Å². The molecule has 5 rings (SSSR count). The minimum Gasteiger partial charge on any atom is -0.353 e. The minimum absolute atomic E-state index is 0.101. The van der Waals surface area contributed by atoms with Crippen LogP contribution < -0.4 is 4.90 Å². The number of benzene rings is 1. The number of nitrogens with zero attached hydrogens (tertiary/aromatic N) is 6. The van der Waals surface area contributed by atoms with Gasteiger partial charge in [-0.25, -0.2) is 9.97 Å². The lowest BCUT2D eigenvalue weighted by Crippen LogP contribution is -2.50. The van der Waals surface area contributed by atoms with Crippen LogP contribution in [0.15, 0.2) is 47.6 Å². The third-order valence-corrected chi connectivity index (χ3v) is 8.83. The molecule has 3 heterocycles. The predicted octanol–water partition coefficient (Wildman–Crippen LogP) is 3.92. The topological polar surface area (TPSA) is 72.9 Å². The minimum atomic E-state index is 0.101. The van der Waals surface area contributed by atoms with Crippen LogP contribution >= 0.6 is 23.4 Å². The number of carbonyl (C=O) groups is 2. The Morgan fingerprint density at radius 1 is 0.923 bits per heavy atom. The molecule has 1 aromatic heterocycles. The first-order valence-electron chi connectivity index (χ1n) is 14.0. The lowest BCUT2D eigenvalue weighted by molar-refractivity contribution is -0.135. The van der Waals surface area contributed by atoms with Gasteiger partial charge in [-0.3, -0.25) is 14.5 Å². The smallest absolute Gasteiger partial charge is 0.233 e. The van der Waals surface area contributed by atoms with Gasteiger partial charge in [-0.05, 0) is 18.4 Å². The van der Waals surface area contributed by atoms with Gasteiger partial charge in [-0.2, -0.15) is 0 Å². The van der Waals surface area contributed by atoms with Gasteiger partial charge in [0.2, 0.25) is 11.8 Å². The van der Waals surface area contributed by atoms with Crippen LogP contribution in [0.2, 0.25) is 5.15 Å². The summed E-state index contributed by atoms with van der Waals surface area (Å²) in [4.78, 5) is 43.2. The molecule has 0 spiro atoms. The first-order valence-corrected chi connectivity index (χ1v) is 15.3. The Morgan fingerprint density at radius 2 is 1.62 bits per heavy atom. The van der Waals surface area contributed by atoms with E-state index in [1.54, 1.807) is 6.07 Å². The van der Waals surface area contributed by atoms with Gasteiger partial charge in [0, 0.05) is 70.9 Å². The summed E-state index contributed by atoms with van der Waals surface area (Å²) in [6.07, 6.45) is 8.72. The molecule has 1 aromatic carbocycles. The number of rotatable bonds is 8. The molecule has 0 bridgehead atoms. The van der Waals surface area contributed by atoms with E-state index in [1.165, 1.54) is 30.2 Å². The molecule has 0 radical (unpaired) electrons. The lowest BCUT2D eigenvalue weighted by Gasteiger charge is -2.36. The molecule has 2 aromatic rings. The van der Waals surface area contributed by atoms with Crippen LogP contribution in [0.3, 0.4) is 0 Å². The number of hydrogen-bond donors (Lipinski definition) is 0. The largest absolute Gasteiger partial charge is 0.353 e. The molecule has 2 saturated heterocycles. The van der Waals surface area contributed by atoms with Gasteiger partial charge in [0.25, 0.3) is 0 Å². The molecule has 0 unspecified atom stereocenters. The van der Waals surface area contributed by atoms with Crippen molar-refractivity contribution < 1.29 is 9.59 Å². The summed E-state index contributed by atoms with van der Waals surface area (Å²) in [6.45, 7) is 6.91. The maximum Gasteiger partial charge on any atom is 0.233 e. The zero-order valence-corrected chi connectivity index (χ0v) is 24.0. The van der Waals surface area contributed by atoms with Crippen molar-refractivity contribution in [3.05, 3.63) is 53.2 Å². The molecular weight excluding hydrogens is 532 g/mol. The molecule has 2 aliphatic heterocycles. The molecular formula is C29H37ClN6O2S. The van der Waals surface area contributed by atoms with E-state index in [1.807, 2.05) is 28.0 Å². The van der Waals surface area contributed by atoms with Crippen molar-refractivity contribution in [2.24, 2.45) is 5.92 Å². The molecule has 8 nitrogen and oxygen atoms in total. The fourth-order valence-electron chi connectivity index (χ4n) is 5.50. The number of aromatic nitrogens is 2. The third-order valence-electron chi connectivity index (χ3n) is 7.80. The zero-order chi connectivity index (χ0) is 27.0. The molecule has 1 aliphatic carbocycles. The van der Waals surface area contributed by atoms with E-state index >= 15 is 0 Å². The van der Waals surface area contributed by atoms with Gasteiger partial charge >= 0.3 is 0 Å². The predicted molar refractivity (Wildman–Crippen MR) is 157 cm³/mol. The van der Waals surface area contributed by atoms with Crippen LogP contribution in [0.4, 0.5) is 5.82 Å². The number of anilines is 1. The Labute approximate surface area is 240 Å². The molecule has 3 aliphatic rings. The maximum atomic E-state index is 12.9. The van der Waals surface area contributed by atoms with Crippen LogP contribution in [0, 0.1) is 5.92 Å². The summed E-state index contributed by atoms with van der Waals surface area (Å²) in [5, 5.41) is 0.886. The highest BCUT2D eigenvalue weighted by molar-refractivity contribution is 7.99. The highest BCUT2D eigenvalue weighted by Crippen LogP contribution is 2.28. The Balaban J connectivity index is 1.06. The SMILES string of the molecule is O=C(CSc1nc(Cl)cc(N2CCN(C(=O)C3CCCC3)CC2)n1)N1CCN(CC=Cc2ccccc2)CC1. The summed E-state index contributed by atoms with van der Waals surface area (Å²) >= 11 is 7.67. The number of halogens is 1. The first-order chi connectivity index (χ1) is 19.0. The van der Waals surface area contributed by atoms with E-state index in [9.17, 15) is 9.59 Å². The number of amides is 2. The summed E-state index contributed by atoms with van der Waals surface area (Å²) < 4.78 is 0. The summed E-state index contributed by atoms with van der Waals surface area (Å²) in [6, 6.07) is 12.1. The average molecular weight is 569 g/mol. The van der Waals surface area contributed by atoms with Gasteiger partial charge in [0.15, 0.2) is 5.16 Å². The number of thioether (sulfide) groups is 1. The van der Waals surface area contributed by atoms with E-state index < -0.39 is 0 Å². The van der Waals surface area contributed by atoms with Gasteiger partial charge in [0.05, 0.1) is 5.75 Å². The summed E-state index contributed by atoms with van der Waals surface area (Å²) in [5.74, 6) is 1.67. The van der Waals surface area contributed by atoms with Crippen LogP contribution in [-0.2, 0) is 9.59 Å². The third kappa shape index (κ3) is 7.74. The van der Waals surface area contributed by atoms with E-state index in [4.69, 9.17) is 16.6 Å². The monoisotopic (exact) mass is 568 g/mol. The molecule has 3 fully saturated rings. The summed E-state index contributed by atoms with van der Waals surface area (Å²) in [5.41, 5.74) is 1.20. The van der Waals surface area contributed by atoms with Crippen molar-refractivity contribution in [1.82, 2.24) is 24.7 Å². The average Bonchev–Trinajstić information content (AvgIpc) is 3.52. The second-order valence-electron chi connectivity index (χ2n) is 10.4. The van der Waals surface area contributed by atoms with Gasteiger partial charge in [0.1, 0.15) is 11.0 Å². The van der Waals surface area contributed by atoms with Gasteiger partial charge < -0.3 is 14.7 Å². The van der Waals surface area contributed by atoms with E-state index in [0.29, 0.717) is 29.3 Å². The number of piperazine rings is 2. The first kappa shape index (κ1) is 27.9. The molecule has 39 heavy (non-hydrogen) atoms. The quantitative estimate of drug-likeness (QED) is 0.271.